The molecule has 2 aromatic rings. The molecule has 146 valence electrons. The number of halogens is 1. The number of rotatable bonds is 5. The van der Waals surface area contributed by atoms with Crippen LogP contribution >= 0.6 is 0 Å². The van der Waals surface area contributed by atoms with Gasteiger partial charge in [-0.25, -0.2) is 12.8 Å². The summed E-state index contributed by atoms with van der Waals surface area (Å²) in [5, 5.41) is 11.5. The molecule has 7 nitrogen and oxygen atoms in total. The third kappa shape index (κ3) is 4.23. The molecule has 0 aromatic heterocycles. The van der Waals surface area contributed by atoms with E-state index in [-0.39, 0.29) is 22.2 Å². The first-order valence-electron chi connectivity index (χ1n) is 8.63. The zero-order chi connectivity index (χ0) is 20.3. The van der Waals surface area contributed by atoms with E-state index in [2.05, 4.69) is 10.0 Å². The molecule has 0 aliphatic carbocycles. The predicted octanol–water partition coefficient (Wildman–Crippen LogP) is 2.22. The van der Waals surface area contributed by atoms with Crippen molar-refractivity contribution in [3.8, 4) is 6.19 Å². The Hall–Kier alpha value is -3.12. The Labute approximate surface area is 162 Å². The molecule has 3 rings (SSSR count). The fraction of sp³-hybridized carbons (Fsp3) is 0.263. The number of sulfonamides is 1. The average molecular weight is 402 g/mol. The molecule has 1 amide bonds. The average Bonchev–Trinajstić information content (AvgIpc) is 3.09. The van der Waals surface area contributed by atoms with Crippen LogP contribution in [0.4, 0.5) is 10.1 Å². The Morgan fingerprint density at radius 1 is 1.29 bits per heavy atom. The van der Waals surface area contributed by atoms with Crippen molar-refractivity contribution in [1.82, 2.24) is 10.2 Å². The molecule has 0 spiro atoms. The largest absolute Gasteiger partial charge is 0.347 e. The Bertz CT molecular complexity index is 1050. The summed E-state index contributed by atoms with van der Waals surface area (Å²) in [4.78, 5) is 13.9. The van der Waals surface area contributed by atoms with E-state index < -0.39 is 21.7 Å². The summed E-state index contributed by atoms with van der Waals surface area (Å²) in [5.41, 5.74) is 0.400. The van der Waals surface area contributed by atoms with Gasteiger partial charge in [-0.1, -0.05) is 18.2 Å². The van der Waals surface area contributed by atoms with Gasteiger partial charge in [0.1, 0.15) is 5.82 Å². The number of likely N-dealkylation sites (tertiary alicyclic amines) is 1. The maximum Gasteiger partial charge on any atom is 0.262 e. The number of nitriles is 1. The van der Waals surface area contributed by atoms with Crippen molar-refractivity contribution in [1.29, 1.82) is 5.26 Å². The van der Waals surface area contributed by atoms with E-state index in [4.69, 9.17) is 5.26 Å². The van der Waals surface area contributed by atoms with E-state index in [1.807, 2.05) is 6.19 Å². The van der Waals surface area contributed by atoms with Crippen LogP contribution in [0.5, 0.6) is 0 Å². The summed E-state index contributed by atoms with van der Waals surface area (Å²) in [6.07, 6.45) is 2.61. The number of nitrogens with zero attached hydrogens (tertiary/aromatic N) is 2. The second-order valence-electron chi connectivity index (χ2n) is 6.57. The third-order valence-electron chi connectivity index (χ3n) is 4.51. The lowest BCUT2D eigenvalue weighted by Crippen LogP contribution is -2.36. The number of carbonyl (C=O) groups excluding carboxylic acids is 1. The topological polar surface area (TPSA) is 102 Å². The highest BCUT2D eigenvalue weighted by molar-refractivity contribution is 7.92. The van der Waals surface area contributed by atoms with E-state index in [9.17, 15) is 17.6 Å². The van der Waals surface area contributed by atoms with Crippen LogP contribution in [0.25, 0.3) is 0 Å². The number of nitrogens with one attached hydrogen (secondary N) is 2. The van der Waals surface area contributed by atoms with Crippen molar-refractivity contribution in [2.24, 2.45) is 0 Å². The number of hydrogen-bond acceptors (Lipinski definition) is 5. The highest BCUT2D eigenvalue weighted by atomic mass is 32.2. The summed E-state index contributed by atoms with van der Waals surface area (Å²) in [5.74, 6) is -1.44. The van der Waals surface area contributed by atoms with Gasteiger partial charge in [0, 0.05) is 19.1 Å². The third-order valence-corrected chi connectivity index (χ3v) is 6.06. The number of carbonyl (C=O) groups is 1. The van der Waals surface area contributed by atoms with Gasteiger partial charge in [-0.3, -0.25) is 9.52 Å². The molecular formula is C19H19FN4O3S. The second-order valence-corrected chi connectivity index (χ2v) is 8.22. The van der Waals surface area contributed by atoms with Gasteiger partial charge >= 0.3 is 0 Å². The van der Waals surface area contributed by atoms with Gasteiger partial charge in [0.15, 0.2) is 6.19 Å². The van der Waals surface area contributed by atoms with Crippen molar-refractivity contribution in [3.05, 3.63) is 59.4 Å². The monoisotopic (exact) mass is 402 g/mol. The lowest BCUT2D eigenvalue weighted by molar-refractivity contribution is 0.0935. The van der Waals surface area contributed by atoms with Crippen LogP contribution in [0.2, 0.25) is 0 Å². The molecule has 1 aliphatic rings. The normalized spacial score (nSPS) is 16.5. The first kappa shape index (κ1) is 19.6. The summed E-state index contributed by atoms with van der Waals surface area (Å²) in [7, 11) is -3.87. The van der Waals surface area contributed by atoms with Crippen molar-refractivity contribution in [3.63, 3.8) is 0 Å². The highest BCUT2D eigenvalue weighted by Gasteiger charge is 2.25. The fourth-order valence-corrected chi connectivity index (χ4v) is 4.36. The van der Waals surface area contributed by atoms with Crippen LogP contribution in [0.3, 0.4) is 0 Å². The van der Waals surface area contributed by atoms with Gasteiger partial charge in [-0.15, -0.1) is 0 Å². The molecule has 1 unspecified atom stereocenters. The van der Waals surface area contributed by atoms with Gasteiger partial charge in [0.2, 0.25) is 0 Å². The van der Waals surface area contributed by atoms with Crippen LogP contribution in [0.15, 0.2) is 47.4 Å². The molecule has 1 heterocycles. The zero-order valence-corrected chi connectivity index (χ0v) is 16.0. The molecule has 0 radical (unpaired) electrons. The van der Waals surface area contributed by atoms with E-state index >= 15 is 0 Å². The van der Waals surface area contributed by atoms with Crippen LogP contribution in [-0.2, 0) is 10.0 Å². The number of aryl methyl sites for hydroxylation is 1. The number of hydrogen-bond donors (Lipinski definition) is 2. The maximum absolute atomic E-state index is 14.4. The molecule has 9 heteroatoms. The number of anilines is 1. The van der Waals surface area contributed by atoms with Crippen LogP contribution in [-0.4, -0.2) is 38.4 Å². The van der Waals surface area contributed by atoms with Crippen LogP contribution in [0, 0.1) is 24.2 Å². The molecule has 2 N–H and O–H groups in total. The predicted molar refractivity (Wildman–Crippen MR) is 101 cm³/mol. The smallest absolute Gasteiger partial charge is 0.262 e. The molecule has 1 saturated heterocycles. The highest BCUT2D eigenvalue weighted by Crippen LogP contribution is 2.21. The summed E-state index contributed by atoms with van der Waals surface area (Å²) in [6, 6.07) is 9.77. The van der Waals surface area contributed by atoms with E-state index in [1.54, 1.807) is 25.1 Å². The quantitative estimate of drug-likeness (QED) is 0.747. The molecule has 1 atom stereocenters. The minimum atomic E-state index is -3.87. The molecule has 0 bridgehead atoms. The van der Waals surface area contributed by atoms with Crippen molar-refractivity contribution < 1.29 is 17.6 Å². The fourth-order valence-electron chi connectivity index (χ4n) is 3.06. The van der Waals surface area contributed by atoms with Gasteiger partial charge in [-0.05, 0) is 43.2 Å². The van der Waals surface area contributed by atoms with E-state index in [1.165, 1.54) is 23.1 Å². The second kappa shape index (κ2) is 7.86. The Balaban J connectivity index is 1.73. The van der Waals surface area contributed by atoms with Gasteiger partial charge < -0.3 is 10.2 Å². The first-order chi connectivity index (χ1) is 13.3. The number of benzene rings is 2. The Morgan fingerprint density at radius 3 is 2.68 bits per heavy atom. The molecular weight excluding hydrogens is 383 g/mol. The molecule has 1 aliphatic heterocycles. The van der Waals surface area contributed by atoms with Crippen molar-refractivity contribution >= 4 is 21.6 Å². The Kier molecular flexibility index (Phi) is 5.51. The first-order valence-corrected chi connectivity index (χ1v) is 10.1. The van der Waals surface area contributed by atoms with Crippen molar-refractivity contribution in [2.75, 3.05) is 17.8 Å². The summed E-state index contributed by atoms with van der Waals surface area (Å²) in [6.45, 7) is 2.60. The van der Waals surface area contributed by atoms with Gasteiger partial charge in [0.05, 0.1) is 16.1 Å². The zero-order valence-electron chi connectivity index (χ0n) is 15.1. The number of amides is 1. The molecule has 28 heavy (non-hydrogen) atoms. The van der Waals surface area contributed by atoms with Crippen LogP contribution in [0.1, 0.15) is 22.3 Å². The van der Waals surface area contributed by atoms with Gasteiger partial charge in [-0.2, -0.15) is 5.26 Å². The van der Waals surface area contributed by atoms with Gasteiger partial charge in [0.25, 0.3) is 15.9 Å². The minimum Gasteiger partial charge on any atom is -0.347 e. The maximum atomic E-state index is 14.4. The standard InChI is InChI=1S/C19H19FN4O3S/c1-13-4-2-3-5-18(13)28(26,27)23-14-6-7-16(17(20)10-14)19(25)22-15-8-9-24(11-15)12-21/h2-7,10,15,23H,8-9,11H2,1H3,(H,22,25). The lowest BCUT2D eigenvalue weighted by atomic mass is 10.1. The summed E-state index contributed by atoms with van der Waals surface area (Å²) >= 11 is 0. The Morgan fingerprint density at radius 2 is 2.04 bits per heavy atom. The summed E-state index contributed by atoms with van der Waals surface area (Å²) < 4.78 is 41.7. The van der Waals surface area contributed by atoms with E-state index in [0.29, 0.717) is 25.1 Å². The molecule has 1 fully saturated rings. The lowest BCUT2D eigenvalue weighted by Gasteiger charge is -2.14. The van der Waals surface area contributed by atoms with Crippen molar-refractivity contribution in [2.45, 2.75) is 24.3 Å². The minimum absolute atomic E-state index is 0.0221. The van der Waals surface area contributed by atoms with E-state index in [0.717, 1.165) is 6.07 Å². The molecule has 0 saturated carbocycles. The SMILES string of the molecule is Cc1ccccc1S(=O)(=O)Nc1ccc(C(=O)NC2CCN(C#N)C2)c(F)c1. The van der Waals surface area contributed by atoms with Crippen LogP contribution < -0.4 is 10.0 Å². The molecule has 2 aromatic carbocycles.